The first-order valence-corrected chi connectivity index (χ1v) is 4.43. The van der Waals surface area contributed by atoms with Crippen LogP contribution in [0.25, 0.3) is 0 Å². The van der Waals surface area contributed by atoms with E-state index in [-0.39, 0.29) is 0 Å². The molecule has 1 unspecified atom stereocenters. The fourth-order valence-electron chi connectivity index (χ4n) is 1.05. The van der Waals surface area contributed by atoms with E-state index in [2.05, 4.69) is 16.2 Å². The van der Waals surface area contributed by atoms with Crippen molar-refractivity contribution in [3.05, 3.63) is 23.5 Å². The highest BCUT2D eigenvalue weighted by molar-refractivity contribution is 5.47. The Kier molecular flexibility index (Phi) is 3.72. The summed E-state index contributed by atoms with van der Waals surface area (Å²) in [5.41, 5.74) is -0.935. The molecule has 1 atom stereocenters. The predicted octanol–water partition coefficient (Wildman–Crippen LogP) is 2.46. The van der Waals surface area contributed by atoms with Crippen molar-refractivity contribution in [2.45, 2.75) is 19.4 Å². The molecule has 0 bridgehead atoms. The Labute approximate surface area is 89.7 Å². The van der Waals surface area contributed by atoms with E-state index in [9.17, 15) is 17.6 Å². The van der Waals surface area contributed by atoms with E-state index in [1.807, 2.05) is 0 Å². The van der Waals surface area contributed by atoms with E-state index in [4.69, 9.17) is 6.42 Å². The molecule has 1 aromatic rings. The number of halogens is 4. The van der Waals surface area contributed by atoms with E-state index < -0.39 is 35.3 Å². The average Bonchev–Trinajstić information content (AvgIpc) is 2.27. The van der Waals surface area contributed by atoms with E-state index in [1.54, 1.807) is 6.92 Å². The standard InChI is InChI=1S/C10H8F4N2/c1-3-5(4-2)15-8-6(11)9(13)16-10(14)7(8)12/h1,5H,4H2,2H3,(H,15,16). The third-order valence-electron chi connectivity index (χ3n) is 1.93. The van der Waals surface area contributed by atoms with Crippen molar-refractivity contribution in [3.8, 4) is 12.3 Å². The van der Waals surface area contributed by atoms with Crippen molar-refractivity contribution >= 4 is 5.69 Å². The van der Waals surface area contributed by atoms with Gasteiger partial charge >= 0.3 is 0 Å². The lowest BCUT2D eigenvalue weighted by atomic mass is 10.2. The van der Waals surface area contributed by atoms with Crippen molar-refractivity contribution in [1.82, 2.24) is 4.98 Å². The molecule has 2 nitrogen and oxygen atoms in total. The van der Waals surface area contributed by atoms with E-state index in [0.29, 0.717) is 6.42 Å². The largest absolute Gasteiger partial charge is 0.367 e. The normalized spacial score (nSPS) is 12.0. The van der Waals surface area contributed by atoms with Crippen LogP contribution in [0.1, 0.15) is 13.3 Å². The summed E-state index contributed by atoms with van der Waals surface area (Å²) in [6.45, 7) is 1.65. The molecule has 0 aliphatic rings. The average molecular weight is 232 g/mol. The van der Waals surface area contributed by atoms with Gasteiger partial charge in [0.05, 0.1) is 6.04 Å². The lowest BCUT2D eigenvalue weighted by Crippen LogP contribution is -2.19. The molecule has 86 valence electrons. The number of rotatable bonds is 3. The molecule has 0 saturated heterocycles. The van der Waals surface area contributed by atoms with Crippen LogP contribution in [0.5, 0.6) is 0 Å². The molecular formula is C10H8F4N2. The quantitative estimate of drug-likeness (QED) is 0.492. The highest BCUT2D eigenvalue weighted by Gasteiger charge is 2.21. The molecule has 0 amide bonds. The van der Waals surface area contributed by atoms with Crippen LogP contribution in [0.2, 0.25) is 0 Å². The van der Waals surface area contributed by atoms with Crippen LogP contribution < -0.4 is 5.32 Å². The summed E-state index contributed by atoms with van der Waals surface area (Å²) in [4.78, 5) is 2.42. The first kappa shape index (κ1) is 12.3. The van der Waals surface area contributed by atoms with Crippen LogP contribution in [-0.4, -0.2) is 11.0 Å². The number of aromatic nitrogens is 1. The fraction of sp³-hybridized carbons (Fsp3) is 0.300. The van der Waals surface area contributed by atoms with E-state index >= 15 is 0 Å². The fourth-order valence-corrected chi connectivity index (χ4v) is 1.05. The van der Waals surface area contributed by atoms with Crippen LogP contribution >= 0.6 is 0 Å². The molecule has 0 spiro atoms. The molecular weight excluding hydrogens is 224 g/mol. The topological polar surface area (TPSA) is 24.9 Å². The van der Waals surface area contributed by atoms with Crippen molar-refractivity contribution in [2.24, 2.45) is 0 Å². The van der Waals surface area contributed by atoms with Crippen LogP contribution in [0.4, 0.5) is 23.2 Å². The van der Waals surface area contributed by atoms with E-state index in [1.165, 1.54) is 0 Å². The number of hydrogen-bond acceptors (Lipinski definition) is 2. The van der Waals surface area contributed by atoms with Crippen LogP contribution in [-0.2, 0) is 0 Å². The first-order chi connectivity index (χ1) is 7.51. The summed E-state index contributed by atoms with van der Waals surface area (Å²) in [6, 6.07) is -0.717. The molecule has 0 aliphatic heterocycles. The number of nitrogens with zero attached hydrogens (tertiary/aromatic N) is 1. The van der Waals surface area contributed by atoms with Gasteiger partial charge in [-0.15, -0.1) is 6.42 Å². The maximum atomic E-state index is 13.1. The number of nitrogens with one attached hydrogen (secondary N) is 1. The Morgan fingerprint density at radius 2 is 1.75 bits per heavy atom. The zero-order chi connectivity index (χ0) is 12.3. The van der Waals surface area contributed by atoms with Crippen LogP contribution in [0, 0.1) is 35.9 Å². The molecule has 1 heterocycles. The summed E-state index contributed by atoms with van der Waals surface area (Å²) in [7, 11) is 0. The molecule has 16 heavy (non-hydrogen) atoms. The molecule has 0 aliphatic carbocycles. The minimum absolute atomic E-state index is 0.348. The monoisotopic (exact) mass is 232 g/mol. The Balaban J connectivity index is 3.18. The Hall–Kier alpha value is -1.77. The second kappa shape index (κ2) is 4.84. The molecule has 0 saturated carbocycles. The molecule has 6 heteroatoms. The van der Waals surface area contributed by atoms with Gasteiger partial charge in [-0.25, -0.2) is 0 Å². The number of anilines is 1. The zero-order valence-electron chi connectivity index (χ0n) is 8.32. The number of terminal acetylenes is 1. The lowest BCUT2D eigenvalue weighted by Gasteiger charge is -2.13. The zero-order valence-corrected chi connectivity index (χ0v) is 8.32. The van der Waals surface area contributed by atoms with Gasteiger partial charge in [-0.05, 0) is 6.42 Å². The molecule has 1 aromatic heterocycles. The van der Waals surface area contributed by atoms with Gasteiger partial charge in [0.25, 0.3) is 11.9 Å². The molecule has 1 N–H and O–H groups in total. The summed E-state index contributed by atoms with van der Waals surface area (Å²) < 4.78 is 51.6. The lowest BCUT2D eigenvalue weighted by molar-refractivity contribution is 0.410. The third-order valence-corrected chi connectivity index (χ3v) is 1.93. The smallest absolute Gasteiger partial charge is 0.253 e. The minimum atomic E-state index is -1.71. The van der Waals surface area contributed by atoms with Gasteiger partial charge in [0, 0.05) is 0 Å². The van der Waals surface area contributed by atoms with Crippen molar-refractivity contribution in [3.63, 3.8) is 0 Å². The molecule has 0 fully saturated rings. The van der Waals surface area contributed by atoms with Crippen LogP contribution in [0.15, 0.2) is 0 Å². The van der Waals surface area contributed by atoms with Gasteiger partial charge in [0.1, 0.15) is 5.69 Å². The summed E-state index contributed by atoms with van der Waals surface area (Å²) >= 11 is 0. The first-order valence-electron chi connectivity index (χ1n) is 4.43. The highest BCUT2D eigenvalue weighted by Crippen LogP contribution is 2.22. The third kappa shape index (κ3) is 2.24. The maximum absolute atomic E-state index is 13.1. The number of pyridine rings is 1. The second-order valence-electron chi connectivity index (χ2n) is 2.97. The number of hydrogen-bond donors (Lipinski definition) is 1. The molecule has 0 radical (unpaired) electrons. The van der Waals surface area contributed by atoms with E-state index in [0.717, 1.165) is 0 Å². The summed E-state index contributed by atoms with van der Waals surface area (Å²) in [6.07, 6.45) is 5.40. The highest BCUT2D eigenvalue weighted by atomic mass is 19.2. The molecule has 1 rings (SSSR count). The summed E-state index contributed by atoms with van der Waals surface area (Å²) in [5.74, 6) is -4.43. The summed E-state index contributed by atoms with van der Waals surface area (Å²) in [5, 5.41) is 2.19. The van der Waals surface area contributed by atoms with Gasteiger partial charge in [-0.2, -0.15) is 22.5 Å². The van der Waals surface area contributed by atoms with Gasteiger partial charge < -0.3 is 5.32 Å². The SMILES string of the molecule is C#CC(CC)Nc1c(F)c(F)nc(F)c1F. The van der Waals surface area contributed by atoms with Crippen molar-refractivity contribution in [1.29, 1.82) is 0 Å². The van der Waals surface area contributed by atoms with Gasteiger partial charge in [-0.1, -0.05) is 12.8 Å². The Morgan fingerprint density at radius 1 is 1.25 bits per heavy atom. The van der Waals surface area contributed by atoms with Crippen molar-refractivity contribution in [2.75, 3.05) is 5.32 Å². The molecule has 0 aromatic carbocycles. The Morgan fingerprint density at radius 3 is 2.12 bits per heavy atom. The second-order valence-corrected chi connectivity index (χ2v) is 2.97. The predicted molar refractivity (Wildman–Crippen MR) is 50.6 cm³/mol. The van der Waals surface area contributed by atoms with Gasteiger partial charge in [0.15, 0.2) is 0 Å². The van der Waals surface area contributed by atoms with Gasteiger partial charge in [0.2, 0.25) is 11.6 Å². The van der Waals surface area contributed by atoms with Gasteiger partial charge in [-0.3, -0.25) is 0 Å². The van der Waals surface area contributed by atoms with Crippen LogP contribution in [0.3, 0.4) is 0 Å². The maximum Gasteiger partial charge on any atom is 0.253 e. The minimum Gasteiger partial charge on any atom is -0.367 e. The Bertz CT molecular complexity index is 413. The van der Waals surface area contributed by atoms with Crippen molar-refractivity contribution < 1.29 is 17.6 Å².